The molecule has 1 heterocycles. The molecule has 0 aliphatic carbocycles. The maximum Gasteiger partial charge on any atom is 0.292 e. The lowest BCUT2D eigenvalue weighted by atomic mass is 10.4. The van der Waals surface area contributed by atoms with Crippen LogP contribution in [0.4, 0.5) is 0 Å². The highest BCUT2D eigenvalue weighted by atomic mass is 16.5. The molecule has 1 aromatic heterocycles. The number of aromatic nitrogens is 1. The topological polar surface area (TPSA) is 40.5 Å². The number of rotatable bonds is 6. The van der Waals surface area contributed by atoms with Crippen molar-refractivity contribution in [1.29, 1.82) is 0 Å². The molecule has 0 aliphatic heterocycles. The van der Waals surface area contributed by atoms with E-state index in [0.29, 0.717) is 25.5 Å². The van der Waals surface area contributed by atoms with Crippen LogP contribution in [0.5, 0.6) is 5.75 Å². The Hall–Kier alpha value is -1.29. The van der Waals surface area contributed by atoms with Crippen LogP contribution in [0.25, 0.3) is 0 Å². The summed E-state index contributed by atoms with van der Waals surface area (Å²) in [6.07, 6.45) is 2.63. The van der Waals surface area contributed by atoms with E-state index < -0.39 is 0 Å². The molecule has 0 N–H and O–H groups in total. The molecule has 0 bridgehead atoms. The highest BCUT2D eigenvalue weighted by Gasteiger charge is 2.02. The highest BCUT2D eigenvalue weighted by Crippen LogP contribution is 2.02. The van der Waals surface area contributed by atoms with Crippen LogP contribution >= 0.6 is 0 Å². The van der Waals surface area contributed by atoms with E-state index in [1.807, 2.05) is 13.0 Å². The van der Waals surface area contributed by atoms with Gasteiger partial charge in [-0.15, -0.1) is 0 Å². The summed E-state index contributed by atoms with van der Waals surface area (Å²) in [5.74, 6) is 0.412. The summed E-state index contributed by atoms with van der Waals surface area (Å²) in [6, 6.07) is 3.50. The van der Waals surface area contributed by atoms with Crippen molar-refractivity contribution in [2.75, 3.05) is 20.3 Å². The molecule has 4 heteroatoms. The minimum atomic E-state index is -0.0944. The van der Waals surface area contributed by atoms with Crippen LogP contribution < -0.4 is 10.3 Å². The molecule has 1 aromatic rings. The maximum absolute atomic E-state index is 11.8. The molecule has 1 rings (SSSR count). The van der Waals surface area contributed by atoms with Crippen molar-refractivity contribution >= 4 is 0 Å². The second kappa shape index (κ2) is 6.24. The Bertz CT molecular complexity index is 317. The van der Waals surface area contributed by atoms with Gasteiger partial charge < -0.3 is 14.0 Å². The van der Waals surface area contributed by atoms with Gasteiger partial charge in [0.25, 0.3) is 5.56 Å². The Morgan fingerprint density at radius 2 is 2.20 bits per heavy atom. The van der Waals surface area contributed by atoms with E-state index in [1.54, 1.807) is 23.9 Å². The fourth-order valence-electron chi connectivity index (χ4n) is 1.20. The van der Waals surface area contributed by atoms with Gasteiger partial charge in [0.05, 0.1) is 13.2 Å². The van der Waals surface area contributed by atoms with Crippen LogP contribution in [0.15, 0.2) is 23.1 Å². The number of hydrogen-bond acceptors (Lipinski definition) is 3. The molecule has 0 radical (unpaired) electrons. The van der Waals surface area contributed by atoms with Gasteiger partial charge in [-0.3, -0.25) is 4.79 Å². The van der Waals surface area contributed by atoms with E-state index in [4.69, 9.17) is 9.47 Å². The van der Waals surface area contributed by atoms with Crippen molar-refractivity contribution < 1.29 is 9.47 Å². The predicted octanol–water partition coefficient (Wildman–Crippen LogP) is 1.28. The Labute approximate surface area is 89.4 Å². The van der Waals surface area contributed by atoms with Gasteiger partial charge >= 0.3 is 0 Å². The molecule has 0 aliphatic rings. The summed E-state index contributed by atoms with van der Waals surface area (Å²) in [6.45, 7) is 3.66. The fraction of sp³-hybridized carbons (Fsp3) is 0.545. The van der Waals surface area contributed by atoms with Gasteiger partial charge in [0, 0.05) is 19.9 Å². The van der Waals surface area contributed by atoms with Crippen LogP contribution in [0.2, 0.25) is 0 Å². The van der Waals surface area contributed by atoms with Crippen LogP contribution in [0.3, 0.4) is 0 Å². The Morgan fingerprint density at radius 1 is 1.40 bits per heavy atom. The monoisotopic (exact) mass is 211 g/mol. The third kappa shape index (κ3) is 3.40. The average Bonchev–Trinajstić information content (AvgIpc) is 2.26. The molecule has 0 saturated heterocycles. The van der Waals surface area contributed by atoms with Crippen LogP contribution in [0, 0.1) is 0 Å². The van der Waals surface area contributed by atoms with Crippen molar-refractivity contribution in [3.8, 4) is 5.75 Å². The van der Waals surface area contributed by atoms with E-state index in [9.17, 15) is 4.79 Å². The van der Waals surface area contributed by atoms with E-state index in [1.165, 1.54) is 0 Å². The average molecular weight is 211 g/mol. The standard InChI is InChI=1S/C11H17NO3/c1-3-8-15-10-5-4-6-12(11(10)13)7-9-14-2/h4-6H,3,7-9H2,1-2H3. The summed E-state index contributed by atoms with van der Waals surface area (Å²) in [4.78, 5) is 11.8. The van der Waals surface area contributed by atoms with Crippen molar-refractivity contribution in [3.63, 3.8) is 0 Å². The SMILES string of the molecule is CCCOc1cccn(CCOC)c1=O. The van der Waals surface area contributed by atoms with Gasteiger partial charge in [-0.2, -0.15) is 0 Å². The van der Waals surface area contributed by atoms with E-state index in [2.05, 4.69) is 0 Å². The summed E-state index contributed by atoms with van der Waals surface area (Å²) in [5.41, 5.74) is -0.0944. The van der Waals surface area contributed by atoms with E-state index in [0.717, 1.165) is 6.42 Å². The zero-order valence-electron chi connectivity index (χ0n) is 9.23. The van der Waals surface area contributed by atoms with Crippen molar-refractivity contribution in [1.82, 2.24) is 4.57 Å². The van der Waals surface area contributed by atoms with E-state index in [-0.39, 0.29) is 5.56 Å². The first-order valence-corrected chi connectivity index (χ1v) is 5.10. The summed E-state index contributed by atoms with van der Waals surface area (Å²) >= 11 is 0. The van der Waals surface area contributed by atoms with Crippen molar-refractivity contribution in [2.45, 2.75) is 19.9 Å². The highest BCUT2D eigenvalue weighted by molar-refractivity contribution is 5.17. The first kappa shape index (κ1) is 11.8. The molecule has 0 unspecified atom stereocenters. The molecule has 15 heavy (non-hydrogen) atoms. The zero-order chi connectivity index (χ0) is 11.1. The maximum atomic E-state index is 11.8. The molecule has 84 valence electrons. The molecule has 0 aromatic carbocycles. The fourth-order valence-corrected chi connectivity index (χ4v) is 1.20. The summed E-state index contributed by atoms with van der Waals surface area (Å²) in [5, 5.41) is 0. The van der Waals surface area contributed by atoms with Crippen LogP contribution in [0.1, 0.15) is 13.3 Å². The number of pyridine rings is 1. The van der Waals surface area contributed by atoms with Gasteiger partial charge in [0.15, 0.2) is 5.75 Å². The first-order valence-electron chi connectivity index (χ1n) is 5.10. The van der Waals surface area contributed by atoms with Crippen molar-refractivity contribution in [2.24, 2.45) is 0 Å². The second-order valence-corrected chi connectivity index (χ2v) is 3.21. The number of methoxy groups -OCH3 is 1. The normalized spacial score (nSPS) is 10.3. The zero-order valence-corrected chi connectivity index (χ0v) is 9.23. The minimum absolute atomic E-state index is 0.0944. The molecule has 0 amide bonds. The smallest absolute Gasteiger partial charge is 0.292 e. The second-order valence-electron chi connectivity index (χ2n) is 3.21. The lowest BCUT2D eigenvalue weighted by Crippen LogP contribution is -2.23. The predicted molar refractivity (Wildman–Crippen MR) is 58.4 cm³/mol. The number of nitrogens with zero attached hydrogens (tertiary/aromatic N) is 1. The van der Waals surface area contributed by atoms with Gasteiger partial charge in [-0.1, -0.05) is 6.92 Å². The third-order valence-electron chi connectivity index (χ3n) is 1.98. The largest absolute Gasteiger partial charge is 0.488 e. The van der Waals surface area contributed by atoms with E-state index >= 15 is 0 Å². The lowest BCUT2D eigenvalue weighted by molar-refractivity contribution is 0.185. The first-order chi connectivity index (χ1) is 7.29. The lowest BCUT2D eigenvalue weighted by Gasteiger charge is -2.08. The molecule has 0 fully saturated rings. The van der Waals surface area contributed by atoms with Crippen molar-refractivity contribution in [3.05, 3.63) is 28.7 Å². The summed E-state index contributed by atoms with van der Waals surface area (Å²) in [7, 11) is 1.61. The molecule has 0 atom stereocenters. The number of ether oxygens (including phenoxy) is 2. The molecule has 4 nitrogen and oxygen atoms in total. The molecular weight excluding hydrogens is 194 g/mol. The Balaban J connectivity index is 2.76. The van der Waals surface area contributed by atoms with Crippen LogP contribution in [-0.4, -0.2) is 24.9 Å². The van der Waals surface area contributed by atoms with Gasteiger partial charge in [-0.25, -0.2) is 0 Å². The molecule has 0 saturated carbocycles. The van der Waals surface area contributed by atoms with Crippen LogP contribution in [-0.2, 0) is 11.3 Å². The Kier molecular flexibility index (Phi) is 4.90. The van der Waals surface area contributed by atoms with Gasteiger partial charge in [0.2, 0.25) is 0 Å². The number of hydrogen-bond donors (Lipinski definition) is 0. The van der Waals surface area contributed by atoms with Gasteiger partial charge in [-0.05, 0) is 18.6 Å². The quantitative estimate of drug-likeness (QED) is 0.711. The van der Waals surface area contributed by atoms with Gasteiger partial charge in [0.1, 0.15) is 0 Å². The minimum Gasteiger partial charge on any atom is -0.488 e. The molecule has 0 spiro atoms. The molecular formula is C11H17NO3. The Morgan fingerprint density at radius 3 is 2.87 bits per heavy atom. The third-order valence-corrected chi connectivity index (χ3v) is 1.98. The summed E-state index contributed by atoms with van der Waals surface area (Å²) < 4.78 is 11.8.